The summed E-state index contributed by atoms with van der Waals surface area (Å²) in [5, 5.41) is 11.0. The fourth-order valence-electron chi connectivity index (χ4n) is 5.06. The van der Waals surface area contributed by atoms with Gasteiger partial charge in [0.25, 0.3) is 0 Å². The van der Waals surface area contributed by atoms with Gasteiger partial charge in [-0.1, -0.05) is 31.4 Å². The van der Waals surface area contributed by atoms with Gasteiger partial charge in [-0.25, -0.2) is 0 Å². The van der Waals surface area contributed by atoms with Crippen LogP contribution in [0.4, 0.5) is 0 Å². The molecule has 2 aromatic rings. The van der Waals surface area contributed by atoms with E-state index in [9.17, 15) is 4.79 Å². The van der Waals surface area contributed by atoms with Crippen LogP contribution in [0, 0.1) is 5.92 Å². The van der Waals surface area contributed by atoms with Crippen molar-refractivity contribution >= 4 is 5.91 Å². The summed E-state index contributed by atoms with van der Waals surface area (Å²) in [6, 6.07) is 8.41. The van der Waals surface area contributed by atoms with Crippen molar-refractivity contribution in [3.05, 3.63) is 47.8 Å². The van der Waals surface area contributed by atoms with Crippen molar-refractivity contribution < 1.29 is 9.53 Å². The molecule has 29 heavy (non-hydrogen) atoms. The zero-order chi connectivity index (χ0) is 20.3. The lowest BCUT2D eigenvalue weighted by Crippen LogP contribution is -2.45. The van der Waals surface area contributed by atoms with Crippen molar-refractivity contribution in [2.24, 2.45) is 13.0 Å². The Morgan fingerprint density at radius 1 is 1.24 bits per heavy atom. The van der Waals surface area contributed by atoms with Crippen molar-refractivity contribution in [3.8, 4) is 5.75 Å². The van der Waals surface area contributed by atoms with Gasteiger partial charge in [0.15, 0.2) is 0 Å². The molecule has 6 nitrogen and oxygen atoms in total. The summed E-state index contributed by atoms with van der Waals surface area (Å²) in [5.74, 6) is 1.17. The molecule has 1 saturated heterocycles. The first kappa shape index (κ1) is 20.0. The van der Waals surface area contributed by atoms with Gasteiger partial charge in [0.05, 0.1) is 19.2 Å². The Morgan fingerprint density at radius 3 is 2.66 bits per heavy atom. The maximum atomic E-state index is 13.2. The normalized spacial score (nSPS) is 23.7. The summed E-state index contributed by atoms with van der Waals surface area (Å²) in [6.45, 7) is 2.25. The predicted molar refractivity (Wildman–Crippen MR) is 113 cm³/mol. The predicted octanol–water partition coefficient (Wildman–Crippen LogP) is 2.75. The first-order chi connectivity index (χ1) is 14.1. The van der Waals surface area contributed by atoms with Crippen LogP contribution in [0.3, 0.4) is 0 Å². The maximum Gasteiger partial charge on any atom is 0.225 e. The lowest BCUT2D eigenvalue weighted by Gasteiger charge is -2.38. The summed E-state index contributed by atoms with van der Waals surface area (Å²) in [6.07, 6.45) is 9.86. The summed E-state index contributed by atoms with van der Waals surface area (Å²) < 4.78 is 7.14. The van der Waals surface area contributed by atoms with Crippen molar-refractivity contribution in [1.82, 2.24) is 20.4 Å². The number of rotatable bonds is 6. The molecule has 1 aromatic heterocycles. The summed E-state index contributed by atoms with van der Waals surface area (Å²) in [5.41, 5.74) is 2.47. The van der Waals surface area contributed by atoms with Crippen LogP contribution in [0.2, 0.25) is 0 Å². The van der Waals surface area contributed by atoms with E-state index in [2.05, 4.69) is 27.9 Å². The summed E-state index contributed by atoms with van der Waals surface area (Å²) in [4.78, 5) is 13.2. The van der Waals surface area contributed by atoms with Crippen LogP contribution in [0.25, 0.3) is 0 Å². The van der Waals surface area contributed by atoms with Crippen LogP contribution < -0.4 is 15.4 Å². The Hall–Kier alpha value is -2.34. The molecule has 156 valence electrons. The Morgan fingerprint density at radius 2 is 2.00 bits per heavy atom. The fourth-order valence-corrected chi connectivity index (χ4v) is 5.06. The number of nitrogens with zero attached hydrogens (tertiary/aromatic N) is 2. The van der Waals surface area contributed by atoms with Gasteiger partial charge in [-0.2, -0.15) is 5.10 Å². The Labute approximate surface area is 173 Å². The van der Waals surface area contributed by atoms with E-state index in [0.717, 1.165) is 37.2 Å². The Bertz CT molecular complexity index is 824. The van der Waals surface area contributed by atoms with E-state index in [-0.39, 0.29) is 23.2 Å². The zero-order valence-electron chi connectivity index (χ0n) is 17.5. The van der Waals surface area contributed by atoms with Gasteiger partial charge in [0.2, 0.25) is 5.91 Å². The lowest BCUT2D eigenvalue weighted by molar-refractivity contribution is -0.125. The molecule has 0 spiro atoms. The number of hydrogen-bond donors (Lipinski definition) is 2. The third kappa shape index (κ3) is 4.17. The molecular formula is C23H32N4O2. The third-order valence-corrected chi connectivity index (χ3v) is 6.82. The molecule has 1 aliphatic heterocycles. The van der Waals surface area contributed by atoms with Gasteiger partial charge in [-0.3, -0.25) is 9.48 Å². The average Bonchev–Trinajstić information content (AvgIpc) is 3.41. The molecule has 0 unspecified atom stereocenters. The van der Waals surface area contributed by atoms with E-state index >= 15 is 0 Å². The van der Waals surface area contributed by atoms with E-state index in [0.29, 0.717) is 6.54 Å². The fraction of sp³-hybridized carbons (Fsp3) is 0.565. The smallest absolute Gasteiger partial charge is 0.225 e. The molecule has 2 atom stereocenters. The molecule has 1 aliphatic carbocycles. The molecule has 1 aromatic carbocycles. The number of ether oxygens (including phenoxy) is 1. The second-order valence-electron chi connectivity index (χ2n) is 8.61. The second-order valence-corrected chi connectivity index (χ2v) is 8.61. The van der Waals surface area contributed by atoms with Gasteiger partial charge in [-0.15, -0.1) is 0 Å². The van der Waals surface area contributed by atoms with Crippen molar-refractivity contribution in [2.75, 3.05) is 26.7 Å². The van der Waals surface area contributed by atoms with E-state index in [4.69, 9.17) is 4.74 Å². The summed E-state index contributed by atoms with van der Waals surface area (Å²) >= 11 is 0. The molecule has 2 heterocycles. The third-order valence-electron chi connectivity index (χ3n) is 6.82. The molecule has 2 N–H and O–H groups in total. The topological polar surface area (TPSA) is 68.2 Å². The maximum absolute atomic E-state index is 13.2. The van der Waals surface area contributed by atoms with Crippen LogP contribution >= 0.6 is 0 Å². The van der Waals surface area contributed by atoms with Crippen LogP contribution in [-0.2, 0) is 17.3 Å². The monoisotopic (exact) mass is 396 g/mol. The average molecular weight is 397 g/mol. The number of carbonyl (C=O) groups excluding carboxylic acids is 1. The number of amides is 1. The minimum atomic E-state index is -0.0456. The molecular weight excluding hydrogens is 364 g/mol. The first-order valence-electron chi connectivity index (χ1n) is 10.7. The van der Waals surface area contributed by atoms with Crippen molar-refractivity contribution in [1.29, 1.82) is 0 Å². The van der Waals surface area contributed by atoms with Crippen LogP contribution in [-0.4, -0.2) is 42.4 Å². The molecule has 1 saturated carbocycles. The largest absolute Gasteiger partial charge is 0.497 e. The van der Waals surface area contributed by atoms with Gasteiger partial charge in [-0.05, 0) is 36.1 Å². The number of hydrogen-bond acceptors (Lipinski definition) is 4. The molecule has 4 rings (SSSR count). The zero-order valence-corrected chi connectivity index (χ0v) is 17.5. The number of carbonyl (C=O) groups is 1. The van der Waals surface area contributed by atoms with Gasteiger partial charge in [0.1, 0.15) is 5.75 Å². The second kappa shape index (κ2) is 8.57. The number of aryl methyl sites for hydroxylation is 1. The van der Waals surface area contributed by atoms with Crippen LogP contribution in [0.5, 0.6) is 5.75 Å². The van der Waals surface area contributed by atoms with Crippen LogP contribution in [0.15, 0.2) is 36.7 Å². The minimum Gasteiger partial charge on any atom is -0.497 e. The molecule has 1 amide bonds. The Kier molecular flexibility index (Phi) is 5.90. The van der Waals surface area contributed by atoms with Crippen molar-refractivity contribution in [2.45, 2.75) is 43.4 Å². The highest BCUT2D eigenvalue weighted by atomic mass is 16.5. The van der Waals surface area contributed by atoms with Crippen LogP contribution in [0.1, 0.15) is 49.1 Å². The molecule has 6 heteroatoms. The number of aromatic nitrogens is 2. The van der Waals surface area contributed by atoms with Crippen molar-refractivity contribution in [3.63, 3.8) is 0 Å². The standard InChI is InChI=1S/C23H32N4O2/c1-27-15-17(12-26-27)20-13-24-14-21(20)22(28)25-16-23(10-4-3-5-11-23)18-6-8-19(29-2)9-7-18/h6-9,12,15,20-21,24H,3-5,10-11,13-14,16H2,1-2H3,(H,25,28)/t20-,21+/m1/s1. The summed E-state index contributed by atoms with van der Waals surface area (Å²) in [7, 11) is 3.61. The van der Waals surface area contributed by atoms with Gasteiger partial charge in [0, 0.05) is 44.2 Å². The molecule has 2 fully saturated rings. The van der Waals surface area contributed by atoms with Gasteiger partial charge < -0.3 is 15.4 Å². The lowest BCUT2D eigenvalue weighted by atomic mass is 9.69. The quantitative estimate of drug-likeness (QED) is 0.788. The van der Waals surface area contributed by atoms with Gasteiger partial charge >= 0.3 is 0 Å². The van der Waals surface area contributed by atoms with E-state index in [1.165, 1.54) is 24.8 Å². The highest BCUT2D eigenvalue weighted by Gasteiger charge is 2.38. The highest BCUT2D eigenvalue weighted by molar-refractivity contribution is 5.80. The molecule has 0 bridgehead atoms. The molecule has 2 aliphatic rings. The number of nitrogens with one attached hydrogen (secondary N) is 2. The highest BCUT2D eigenvalue weighted by Crippen LogP contribution is 2.40. The minimum absolute atomic E-state index is 0.0238. The van der Waals surface area contributed by atoms with E-state index < -0.39 is 0 Å². The van der Waals surface area contributed by atoms with E-state index in [1.54, 1.807) is 7.11 Å². The number of methoxy groups -OCH3 is 1. The molecule has 0 radical (unpaired) electrons. The Balaban J connectivity index is 1.47. The number of benzene rings is 1. The SMILES string of the molecule is COc1ccc(C2(CNC(=O)[C@H]3CNC[C@@H]3c3cnn(C)c3)CCCCC2)cc1. The first-order valence-corrected chi connectivity index (χ1v) is 10.7. The van der Waals surface area contributed by atoms with E-state index in [1.807, 2.05) is 36.3 Å².